The second kappa shape index (κ2) is 13.9. The van der Waals surface area contributed by atoms with Crippen LogP contribution in [-0.4, -0.2) is 69.3 Å². The minimum atomic E-state index is -0.457. The van der Waals surface area contributed by atoms with E-state index in [0.29, 0.717) is 54.1 Å². The van der Waals surface area contributed by atoms with E-state index in [4.69, 9.17) is 38.0 Å². The largest absolute Gasteiger partial charge is 0.493 e. The molecule has 9 nitrogen and oxygen atoms in total. The highest BCUT2D eigenvalue weighted by molar-refractivity contribution is 7.80. The van der Waals surface area contributed by atoms with Gasteiger partial charge in [0.1, 0.15) is 0 Å². The molecule has 1 fully saturated rings. The van der Waals surface area contributed by atoms with Crippen LogP contribution in [0.5, 0.6) is 17.2 Å². The van der Waals surface area contributed by atoms with Gasteiger partial charge < -0.3 is 29.3 Å². The number of anilines is 2. The smallest absolute Gasteiger partial charge is 0.257 e. The molecule has 41 heavy (non-hydrogen) atoms. The first kappa shape index (κ1) is 29.7. The number of nitrogens with zero attached hydrogens (tertiary/aromatic N) is 2. The van der Waals surface area contributed by atoms with Crippen LogP contribution in [0.4, 0.5) is 11.4 Å². The van der Waals surface area contributed by atoms with E-state index in [1.54, 1.807) is 30.3 Å². The van der Waals surface area contributed by atoms with Crippen LogP contribution in [0.15, 0.2) is 66.7 Å². The van der Waals surface area contributed by atoms with Gasteiger partial charge in [-0.25, -0.2) is 0 Å². The van der Waals surface area contributed by atoms with Crippen molar-refractivity contribution in [1.29, 1.82) is 0 Å². The molecule has 0 saturated carbocycles. The molecule has 2 N–H and O–H groups in total. The number of nitrogens with one attached hydrogen (secondary N) is 2. The number of ether oxygens (including phenoxy) is 3. The molecule has 3 aromatic rings. The molecule has 1 aliphatic rings. The third kappa shape index (κ3) is 7.47. The highest BCUT2D eigenvalue weighted by Crippen LogP contribution is 2.38. The van der Waals surface area contributed by atoms with E-state index in [2.05, 4.69) is 15.5 Å². The predicted octanol–water partition coefficient (Wildman–Crippen LogP) is 4.85. The van der Waals surface area contributed by atoms with Crippen molar-refractivity contribution >= 4 is 58.2 Å². The molecule has 0 aromatic heterocycles. The van der Waals surface area contributed by atoms with E-state index in [1.807, 2.05) is 47.4 Å². The van der Waals surface area contributed by atoms with Gasteiger partial charge in [0.05, 0.1) is 32.7 Å². The van der Waals surface area contributed by atoms with Crippen molar-refractivity contribution in [2.24, 2.45) is 0 Å². The maximum absolute atomic E-state index is 13.0. The molecule has 0 radical (unpaired) electrons. The van der Waals surface area contributed by atoms with Crippen LogP contribution in [-0.2, 0) is 4.79 Å². The third-order valence-corrected chi connectivity index (χ3v) is 6.95. The summed E-state index contributed by atoms with van der Waals surface area (Å²) in [5.41, 5.74) is 2.74. The average Bonchev–Trinajstić information content (AvgIpc) is 2.99. The Labute approximate surface area is 249 Å². The molecular formula is C30H31ClN4O5S. The molecule has 2 amide bonds. The zero-order valence-electron chi connectivity index (χ0n) is 23.0. The van der Waals surface area contributed by atoms with Crippen molar-refractivity contribution < 1.29 is 23.8 Å². The fraction of sp³-hybridized carbons (Fsp3) is 0.233. The Morgan fingerprint density at radius 3 is 2.17 bits per heavy atom. The Hall–Kier alpha value is -4.28. The van der Waals surface area contributed by atoms with Crippen molar-refractivity contribution in [2.45, 2.75) is 0 Å². The second-order valence-corrected chi connectivity index (χ2v) is 9.88. The number of methoxy groups -OCH3 is 3. The summed E-state index contributed by atoms with van der Waals surface area (Å²) in [7, 11) is 4.44. The Morgan fingerprint density at radius 2 is 1.56 bits per heavy atom. The lowest BCUT2D eigenvalue weighted by Crippen LogP contribution is -2.48. The Bertz CT molecular complexity index is 1420. The topological polar surface area (TPSA) is 92.4 Å². The monoisotopic (exact) mass is 594 g/mol. The van der Waals surface area contributed by atoms with Gasteiger partial charge in [-0.2, -0.15) is 0 Å². The fourth-order valence-electron chi connectivity index (χ4n) is 4.43. The molecule has 0 unspecified atom stereocenters. The molecule has 1 heterocycles. The van der Waals surface area contributed by atoms with Crippen molar-refractivity contribution in [3.8, 4) is 17.2 Å². The van der Waals surface area contributed by atoms with Crippen LogP contribution in [0.25, 0.3) is 6.08 Å². The third-order valence-electron chi connectivity index (χ3n) is 6.51. The van der Waals surface area contributed by atoms with Crippen molar-refractivity contribution in [2.75, 3.05) is 57.7 Å². The van der Waals surface area contributed by atoms with E-state index in [9.17, 15) is 9.59 Å². The summed E-state index contributed by atoms with van der Waals surface area (Å²) in [5.74, 6) is 0.590. The van der Waals surface area contributed by atoms with Gasteiger partial charge in [-0.05, 0) is 54.2 Å². The Kier molecular flexibility index (Phi) is 10.0. The van der Waals surface area contributed by atoms with E-state index in [0.717, 1.165) is 11.3 Å². The van der Waals surface area contributed by atoms with Crippen LogP contribution in [0.3, 0.4) is 0 Å². The number of halogens is 1. The van der Waals surface area contributed by atoms with Gasteiger partial charge in [-0.1, -0.05) is 41.9 Å². The molecule has 214 valence electrons. The Balaban J connectivity index is 1.41. The number of piperazine rings is 1. The maximum Gasteiger partial charge on any atom is 0.257 e. The normalized spacial score (nSPS) is 13.1. The highest BCUT2D eigenvalue weighted by Gasteiger charge is 2.23. The molecule has 0 bridgehead atoms. The van der Waals surface area contributed by atoms with Crippen molar-refractivity contribution in [3.05, 3.63) is 82.9 Å². The van der Waals surface area contributed by atoms with E-state index in [1.165, 1.54) is 21.3 Å². The van der Waals surface area contributed by atoms with E-state index in [-0.39, 0.29) is 16.6 Å². The number of hydrogen-bond acceptors (Lipinski definition) is 7. The van der Waals surface area contributed by atoms with Gasteiger partial charge in [0.2, 0.25) is 11.7 Å². The molecule has 1 aliphatic heterocycles. The molecule has 11 heteroatoms. The molecule has 3 aromatic carbocycles. The number of hydrogen-bond donors (Lipinski definition) is 2. The molecule has 1 saturated heterocycles. The van der Waals surface area contributed by atoms with Crippen LogP contribution in [0.1, 0.15) is 15.9 Å². The molecule has 0 aliphatic carbocycles. The summed E-state index contributed by atoms with van der Waals surface area (Å²) in [4.78, 5) is 29.7. The van der Waals surface area contributed by atoms with Gasteiger partial charge in [0.15, 0.2) is 16.6 Å². The van der Waals surface area contributed by atoms with Gasteiger partial charge in [0, 0.05) is 42.8 Å². The average molecular weight is 595 g/mol. The zero-order chi connectivity index (χ0) is 29.4. The predicted molar refractivity (Wildman–Crippen MR) is 166 cm³/mol. The first-order chi connectivity index (χ1) is 19.8. The summed E-state index contributed by atoms with van der Waals surface area (Å²) in [6, 6.07) is 18.2. The summed E-state index contributed by atoms with van der Waals surface area (Å²) in [5, 5.41) is 6.39. The van der Waals surface area contributed by atoms with Gasteiger partial charge in [-0.15, -0.1) is 0 Å². The second-order valence-electron chi connectivity index (χ2n) is 9.04. The quantitative estimate of drug-likeness (QED) is 0.282. The van der Waals surface area contributed by atoms with Gasteiger partial charge >= 0.3 is 0 Å². The fourth-order valence-corrected chi connectivity index (χ4v) is 4.80. The molecule has 4 rings (SSSR count). The summed E-state index contributed by atoms with van der Waals surface area (Å²) in [6.07, 6.45) is 3.43. The number of benzene rings is 3. The zero-order valence-corrected chi connectivity index (χ0v) is 24.6. The van der Waals surface area contributed by atoms with E-state index >= 15 is 0 Å². The number of rotatable bonds is 8. The SMILES string of the molecule is COc1cc(C(=O)NC(=S)Nc2cc(Cl)ccc2N2CCN(C(=O)/C=C/c3ccccc3)CC2)cc(OC)c1OC. The molecular weight excluding hydrogens is 564 g/mol. The first-order valence-corrected chi connectivity index (χ1v) is 13.6. The lowest BCUT2D eigenvalue weighted by molar-refractivity contribution is -0.126. The van der Waals surface area contributed by atoms with Gasteiger partial charge in [-0.3, -0.25) is 14.9 Å². The lowest BCUT2D eigenvalue weighted by Gasteiger charge is -2.36. The van der Waals surface area contributed by atoms with E-state index < -0.39 is 5.91 Å². The minimum absolute atomic E-state index is 0.0290. The van der Waals surface area contributed by atoms with Crippen molar-refractivity contribution in [1.82, 2.24) is 10.2 Å². The van der Waals surface area contributed by atoms with Gasteiger partial charge in [0.25, 0.3) is 5.91 Å². The number of amides is 2. The molecule has 0 spiro atoms. The number of carbonyl (C=O) groups is 2. The van der Waals surface area contributed by atoms with Crippen LogP contribution in [0.2, 0.25) is 5.02 Å². The van der Waals surface area contributed by atoms with Crippen LogP contribution in [0, 0.1) is 0 Å². The standard InChI is InChI=1S/C30H31ClN4O5S/c1-38-25-17-21(18-26(39-2)28(25)40-3)29(37)33-30(41)32-23-19-22(31)10-11-24(23)34-13-15-35(16-14-34)27(36)12-9-20-7-5-4-6-8-20/h4-12,17-19H,13-16H2,1-3H3,(H2,32,33,37,41)/b12-9+. The summed E-state index contributed by atoms with van der Waals surface area (Å²) >= 11 is 11.8. The lowest BCUT2D eigenvalue weighted by atomic mass is 10.1. The van der Waals surface area contributed by atoms with Crippen molar-refractivity contribution in [3.63, 3.8) is 0 Å². The number of carbonyl (C=O) groups excluding carboxylic acids is 2. The maximum atomic E-state index is 13.0. The first-order valence-electron chi connectivity index (χ1n) is 12.8. The number of thiocarbonyl (C=S) groups is 1. The molecule has 0 atom stereocenters. The highest BCUT2D eigenvalue weighted by atomic mass is 35.5. The minimum Gasteiger partial charge on any atom is -0.493 e. The summed E-state index contributed by atoms with van der Waals surface area (Å²) in [6.45, 7) is 2.35. The van der Waals surface area contributed by atoms with Crippen LogP contribution >= 0.6 is 23.8 Å². The van der Waals surface area contributed by atoms with Crippen LogP contribution < -0.4 is 29.7 Å². The summed E-state index contributed by atoms with van der Waals surface area (Å²) < 4.78 is 16.0. The Morgan fingerprint density at radius 1 is 0.902 bits per heavy atom.